The number of aromatic carboxylic acids is 1. The van der Waals surface area contributed by atoms with E-state index in [9.17, 15) is 9.90 Å². The van der Waals surface area contributed by atoms with Crippen molar-refractivity contribution in [2.75, 3.05) is 6.61 Å². The number of nitrogens with zero attached hydrogens (tertiary/aromatic N) is 1. The van der Waals surface area contributed by atoms with Crippen LogP contribution in [0, 0.1) is 6.92 Å². The number of rotatable bonds is 7. The number of aryl methyl sites for hydroxylation is 2. The van der Waals surface area contributed by atoms with Gasteiger partial charge in [-0.25, -0.2) is 4.79 Å². The van der Waals surface area contributed by atoms with Crippen LogP contribution in [0.3, 0.4) is 0 Å². The van der Waals surface area contributed by atoms with Crippen LogP contribution in [0.5, 0.6) is 5.75 Å². The summed E-state index contributed by atoms with van der Waals surface area (Å²) in [7, 11) is 0. The Morgan fingerprint density at radius 3 is 2.61 bits per heavy atom. The molecule has 5 aromatic rings. The monoisotopic (exact) mass is 436 g/mol. The maximum Gasteiger partial charge on any atom is 0.352 e. The highest BCUT2D eigenvalue weighted by Crippen LogP contribution is 2.34. The first-order chi connectivity index (χ1) is 16.1. The Labute approximate surface area is 191 Å². The predicted molar refractivity (Wildman–Crippen MR) is 131 cm³/mol. The first-order valence-corrected chi connectivity index (χ1v) is 11.0. The highest BCUT2D eigenvalue weighted by atomic mass is 16.5. The molecule has 164 valence electrons. The second-order valence-electron chi connectivity index (χ2n) is 8.13. The molecule has 2 aromatic heterocycles. The highest BCUT2D eigenvalue weighted by molar-refractivity contribution is 6.03. The number of benzene rings is 3. The molecule has 0 aliphatic carbocycles. The summed E-state index contributed by atoms with van der Waals surface area (Å²) in [4.78, 5) is 19.5. The SMILES string of the molecule is Cc1ccncc1-c1cccc2c(CCCOc3cccc4ccccc34)c(C(=O)O)[nH]c12. The molecule has 0 spiro atoms. The summed E-state index contributed by atoms with van der Waals surface area (Å²) >= 11 is 0. The van der Waals surface area contributed by atoms with E-state index >= 15 is 0 Å². The lowest BCUT2D eigenvalue weighted by molar-refractivity contribution is 0.0690. The fourth-order valence-electron chi connectivity index (χ4n) is 4.44. The molecule has 0 unspecified atom stereocenters. The molecule has 0 fully saturated rings. The minimum absolute atomic E-state index is 0.240. The van der Waals surface area contributed by atoms with Crippen molar-refractivity contribution >= 4 is 27.6 Å². The van der Waals surface area contributed by atoms with Crippen molar-refractivity contribution in [1.29, 1.82) is 0 Å². The molecule has 0 atom stereocenters. The summed E-state index contributed by atoms with van der Waals surface area (Å²) < 4.78 is 6.07. The normalized spacial score (nSPS) is 11.2. The number of hydrogen-bond acceptors (Lipinski definition) is 3. The Kier molecular flexibility index (Phi) is 5.53. The van der Waals surface area contributed by atoms with Crippen molar-refractivity contribution in [3.63, 3.8) is 0 Å². The van der Waals surface area contributed by atoms with Crippen LogP contribution in [-0.4, -0.2) is 27.7 Å². The number of fused-ring (bicyclic) bond motifs is 2. The number of nitrogens with one attached hydrogen (secondary N) is 1. The summed E-state index contributed by atoms with van der Waals surface area (Å²) in [6.45, 7) is 2.53. The third-order valence-corrected chi connectivity index (χ3v) is 6.06. The second-order valence-corrected chi connectivity index (χ2v) is 8.13. The van der Waals surface area contributed by atoms with Crippen LogP contribution in [-0.2, 0) is 6.42 Å². The molecule has 2 N–H and O–H groups in total. The van der Waals surface area contributed by atoms with Crippen LogP contribution < -0.4 is 4.74 Å². The minimum atomic E-state index is -0.954. The Balaban J connectivity index is 1.42. The average Bonchev–Trinajstić information content (AvgIpc) is 3.21. The zero-order chi connectivity index (χ0) is 22.8. The second kappa shape index (κ2) is 8.79. The van der Waals surface area contributed by atoms with Gasteiger partial charge in [0.2, 0.25) is 0 Å². The van der Waals surface area contributed by atoms with Crippen LogP contribution in [0.15, 0.2) is 79.1 Å². The molecule has 0 saturated heterocycles. The molecule has 2 heterocycles. The first-order valence-electron chi connectivity index (χ1n) is 11.0. The van der Waals surface area contributed by atoms with Crippen LogP contribution in [0.4, 0.5) is 0 Å². The summed E-state index contributed by atoms with van der Waals surface area (Å²) in [5, 5.41) is 13.0. The Hall–Kier alpha value is -4.12. The molecular weight excluding hydrogens is 412 g/mol. The number of carbonyl (C=O) groups is 1. The lowest BCUT2D eigenvalue weighted by Gasteiger charge is -2.10. The molecular formula is C28H24N2O3. The lowest BCUT2D eigenvalue weighted by atomic mass is 9.98. The fraction of sp³-hybridized carbons (Fsp3) is 0.143. The van der Waals surface area contributed by atoms with E-state index in [4.69, 9.17) is 4.74 Å². The van der Waals surface area contributed by atoms with E-state index in [0.29, 0.717) is 19.4 Å². The molecule has 33 heavy (non-hydrogen) atoms. The van der Waals surface area contributed by atoms with Crippen molar-refractivity contribution < 1.29 is 14.6 Å². The summed E-state index contributed by atoms with van der Waals surface area (Å²) in [6.07, 6.45) is 4.88. The number of aromatic nitrogens is 2. The molecule has 0 saturated carbocycles. The van der Waals surface area contributed by atoms with Gasteiger partial charge in [0.15, 0.2) is 0 Å². The minimum Gasteiger partial charge on any atom is -0.493 e. The van der Waals surface area contributed by atoms with Gasteiger partial charge in [0.1, 0.15) is 11.4 Å². The van der Waals surface area contributed by atoms with Gasteiger partial charge in [0, 0.05) is 34.3 Å². The van der Waals surface area contributed by atoms with E-state index in [2.05, 4.69) is 28.2 Å². The first kappa shape index (κ1) is 20.8. The van der Waals surface area contributed by atoms with Crippen molar-refractivity contribution in [1.82, 2.24) is 9.97 Å². The lowest BCUT2D eigenvalue weighted by Crippen LogP contribution is -2.04. The zero-order valence-electron chi connectivity index (χ0n) is 18.3. The van der Waals surface area contributed by atoms with Crippen LogP contribution in [0.1, 0.15) is 28.0 Å². The van der Waals surface area contributed by atoms with E-state index in [0.717, 1.165) is 49.7 Å². The molecule has 0 radical (unpaired) electrons. The average molecular weight is 437 g/mol. The van der Waals surface area contributed by atoms with Gasteiger partial charge in [-0.15, -0.1) is 0 Å². The number of carboxylic acids is 1. The maximum absolute atomic E-state index is 12.0. The third kappa shape index (κ3) is 3.94. The van der Waals surface area contributed by atoms with Gasteiger partial charge in [-0.1, -0.05) is 54.6 Å². The van der Waals surface area contributed by atoms with Crippen molar-refractivity contribution in [2.45, 2.75) is 19.8 Å². The molecule has 0 bridgehead atoms. The van der Waals surface area contributed by atoms with Gasteiger partial charge < -0.3 is 14.8 Å². The van der Waals surface area contributed by atoms with Crippen molar-refractivity contribution in [3.05, 3.63) is 95.9 Å². The van der Waals surface area contributed by atoms with E-state index in [1.54, 1.807) is 6.20 Å². The molecule has 3 aromatic carbocycles. The summed E-state index contributed by atoms with van der Waals surface area (Å²) in [5.41, 5.74) is 4.92. The summed E-state index contributed by atoms with van der Waals surface area (Å²) in [6, 6.07) is 22.1. The van der Waals surface area contributed by atoms with Gasteiger partial charge in [-0.3, -0.25) is 4.98 Å². The van der Waals surface area contributed by atoms with E-state index in [1.165, 1.54) is 0 Å². The standard InChI is InChI=1S/C28H24N2O3/c1-18-14-15-29-17-24(18)23-11-5-10-21-22(27(28(31)32)30-26(21)23)12-6-16-33-25-13-4-8-19-7-2-3-9-20(19)25/h2-5,7-11,13-15,17,30H,6,12,16H2,1H3,(H,31,32). The fourth-order valence-corrected chi connectivity index (χ4v) is 4.44. The largest absolute Gasteiger partial charge is 0.493 e. The number of para-hydroxylation sites is 1. The number of ether oxygens (including phenoxy) is 1. The number of pyridine rings is 1. The molecule has 5 heteroatoms. The Morgan fingerprint density at radius 1 is 0.970 bits per heavy atom. The van der Waals surface area contributed by atoms with Crippen LogP contribution >= 0.6 is 0 Å². The van der Waals surface area contributed by atoms with Gasteiger partial charge in [0.05, 0.1) is 12.1 Å². The van der Waals surface area contributed by atoms with E-state index < -0.39 is 5.97 Å². The zero-order valence-corrected chi connectivity index (χ0v) is 18.3. The molecule has 0 aliphatic rings. The molecule has 0 aliphatic heterocycles. The van der Waals surface area contributed by atoms with Crippen LogP contribution in [0.25, 0.3) is 32.8 Å². The highest BCUT2D eigenvalue weighted by Gasteiger charge is 2.19. The number of hydrogen-bond donors (Lipinski definition) is 2. The predicted octanol–water partition coefficient (Wildman–Crippen LogP) is 6.40. The molecule has 0 amide bonds. The third-order valence-electron chi connectivity index (χ3n) is 6.06. The number of H-pyrrole nitrogens is 1. The van der Waals surface area contributed by atoms with Gasteiger partial charge in [-0.2, -0.15) is 0 Å². The van der Waals surface area contributed by atoms with E-state index in [1.807, 2.05) is 61.7 Å². The van der Waals surface area contributed by atoms with Crippen LogP contribution in [0.2, 0.25) is 0 Å². The Bertz CT molecular complexity index is 1460. The van der Waals surface area contributed by atoms with Crippen molar-refractivity contribution in [3.8, 4) is 16.9 Å². The van der Waals surface area contributed by atoms with Gasteiger partial charge in [-0.05, 0) is 48.4 Å². The molecule has 5 nitrogen and oxygen atoms in total. The number of aromatic amines is 1. The summed E-state index contributed by atoms with van der Waals surface area (Å²) in [5.74, 6) is -0.107. The van der Waals surface area contributed by atoms with Gasteiger partial charge in [0.25, 0.3) is 0 Å². The van der Waals surface area contributed by atoms with E-state index in [-0.39, 0.29) is 5.69 Å². The Morgan fingerprint density at radius 2 is 1.76 bits per heavy atom. The van der Waals surface area contributed by atoms with Gasteiger partial charge >= 0.3 is 5.97 Å². The number of carboxylic acid groups (broad SMARTS) is 1. The smallest absolute Gasteiger partial charge is 0.352 e. The molecule has 5 rings (SSSR count). The maximum atomic E-state index is 12.0. The quantitative estimate of drug-likeness (QED) is 0.289. The van der Waals surface area contributed by atoms with Crippen molar-refractivity contribution in [2.24, 2.45) is 0 Å². The topological polar surface area (TPSA) is 75.2 Å².